The topological polar surface area (TPSA) is 105 Å². The van der Waals surface area contributed by atoms with E-state index in [1.807, 2.05) is 27.2 Å². The number of aliphatic hydroxyl groups is 1. The lowest BCUT2D eigenvalue weighted by Crippen LogP contribution is -2.45. The Kier molecular flexibility index (Phi) is 45.7. The fourth-order valence-electron chi connectivity index (χ4n) is 6.78. The number of unbranched alkanes of at least 4 members (excludes halogenated alkanes) is 15. The molecule has 67 heavy (non-hydrogen) atoms. The van der Waals surface area contributed by atoms with E-state index in [2.05, 4.69) is 129 Å². The Bertz CT molecular complexity index is 1500. The van der Waals surface area contributed by atoms with Gasteiger partial charge in [-0.25, -0.2) is 4.57 Å². The van der Waals surface area contributed by atoms with Crippen LogP contribution in [0.25, 0.3) is 0 Å². The van der Waals surface area contributed by atoms with E-state index < -0.39 is 20.0 Å². The first-order valence-electron chi connectivity index (χ1n) is 26.4. The van der Waals surface area contributed by atoms with Crippen molar-refractivity contribution in [1.82, 2.24) is 5.32 Å². The molecular formula is C58H100N2O6P+. The van der Waals surface area contributed by atoms with Crippen molar-refractivity contribution in [3.8, 4) is 0 Å². The molecule has 1 amide bonds. The van der Waals surface area contributed by atoms with Gasteiger partial charge in [-0.3, -0.25) is 13.8 Å². The van der Waals surface area contributed by atoms with Crippen LogP contribution >= 0.6 is 7.82 Å². The lowest BCUT2D eigenvalue weighted by Gasteiger charge is -2.25. The molecule has 382 valence electrons. The molecule has 0 saturated heterocycles. The van der Waals surface area contributed by atoms with Gasteiger partial charge >= 0.3 is 7.82 Å². The minimum absolute atomic E-state index is 0.0403. The van der Waals surface area contributed by atoms with E-state index >= 15 is 0 Å². The van der Waals surface area contributed by atoms with Gasteiger partial charge in [-0.2, -0.15) is 0 Å². The molecule has 8 nitrogen and oxygen atoms in total. The third-order valence-electron chi connectivity index (χ3n) is 10.9. The molecule has 0 aliphatic heterocycles. The smallest absolute Gasteiger partial charge is 0.387 e. The lowest BCUT2D eigenvalue weighted by atomic mass is 10.0. The second kappa shape index (κ2) is 47.9. The molecule has 0 spiro atoms. The molecule has 0 aromatic rings. The number of quaternary nitrogens is 1. The Morgan fingerprint density at radius 3 is 1.37 bits per heavy atom. The summed E-state index contributed by atoms with van der Waals surface area (Å²) in [6.07, 6.45) is 71.5. The molecule has 9 heteroatoms. The number of carbonyl (C=O) groups is 1. The van der Waals surface area contributed by atoms with Crippen LogP contribution in [0.4, 0.5) is 0 Å². The average molecular weight is 952 g/mol. The minimum Gasteiger partial charge on any atom is -0.387 e. The van der Waals surface area contributed by atoms with Crippen LogP contribution in [0.15, 0.2) is 122 Å². The maximum absolute atomic E-state index is 12.9. The molecular weight excluding hydrogens is 852 g/mol. The zero-order valence-electron chi connectivity index (χ0n) is 43.3. The zero-order valence-corrected chi connectivity index (χ0v) is 44.2. The molecule has 0 aliphatic carbocycles. The summed E-state index contributed by atoms with van der Waals surface area (Å²) in [7, 11) is 1.50. The highest BCUT2D eigenvalue weighted by Gasteiger charge is 2.27. The van der Waals surface area contributed by atoms with E-state index in [1.54, 1.807) is 6.08 Å². The van der Waals surface area contributed by atoms with E-state index in [1.165, 1.54) is 77.0 Å². The van der Waals surface area contributed by atoms with Gasteiger partial charge in [-0.05, 0) is 96.3 Å². The number of nitrogens with zero attached hydrogens (tertiary/aromatic N) is 1. The number of rotatable bonds is 46. The van der Waals surface area contributed by atoms with E-state index in [9.17, 15) is 19.4 Å². The summed E-state index contributed by atoms with van der Waals surface area (Å²) < 4.78 is 23.6. The van der Waals surface area contributed by atoms with Gasteiger partial charge in [0.25, 0.3) is 0 Å². The first-order chi connectivity index (χ1) is 32.5. The molecule has 0 aromatic carbocycles. The van der Waals surface area contributed by atoms with Gasteiger partial charge < -0.3 is 19.8 Å². The number of likely N-dealkylation sites (N-methyl/N-ethyl adjacent to an activating group) is 1. The van der Waals surface area contributed by atoms with Gasteiger partial charge in [0.1, 0.15) is 13.2 Å². The van der Waals surface area contributed by atoms with E-state index in [0.29, 0.717) is 17.4 Å². The van der Waals surface area contributed by atoms with Gasteiger partial charge in [-0.15, -0.1) is 0 Å². The number of hydrogen-bond acceptors (Lipinski definition) is 5. The highest BCUT2D eigenvalue weighted by Crippen LogP contribution is 2.43. The maximum Gasteiger partial charge on any atom is 0.472 e. The van der Waals surface area contributed by atoms with Gasteiger partial charge in [-0.1, -0.05) is 206 Å². The van der Waals surface area contributed by atoms with Crippen LogP contribution in [-0.4, -0.2) is 73.4 Å². The summed E-state index contributed by atoms with van der Waals surface area (Å²) in [5, 5.41) is 13.8. The van der Waals surface area contributed by atoms with Crippen LogP contribution in [0.1, 0.15) is 187 Å². The molecule has 0 rings (SSSR count). The predicted octanol–water partition coefficient (Wildman–Crippen LogP) is 15.8. The van der Waals surface area contributed by atoms with Gasteiger partial charge in [0.2, 0.25) is 5.91 Å². The molecule has 3 N–H and O–H groups in total. The average Bonchev–Trinajstić information content (AvgIpc) is 3.29. The summed E-state index contributed by atoms with van der Waals surface area (Å²) in [5.41, 5.74) is 0. The van der Waals surface area contributed by atoms with Gasteiger partial charge in [0.15, 0.2) is 0 Å². The highest BCUT2D eigenvalue weighted by molar-refractivity contribution is 7.47. The predicted molar refractivity (Wildman–Crippen MR) is 290 cm³/mol. The number of aliphatic hydroxyl groups excluding tert-OH is 1. The number of amides is 1. The quantitative estimate of drug-likeness (QED) is 0.0243. The third kappa shape index (κ3) is 50.6. The number of carbonyl (C=O) groups excluding carboxylic acids is 1. The Hall–Kier alpha value is -3.10. The molecule has 0 aromatic heterocycles. The van der Waals surface area contributed by atoms with Crippen LogP contribution in [0.3, 0.4) is 0 Å². The molecule has 0 bridgehead atoms. The Morgan fingerprint density at radius 2 is 0.910 bits per heavy atom. The second-order valence-corrected chi connectivity index (χ2v) is 20.0. The van der Waals surface area contributed by atoms with Crippen LogP contribution < -0.4 is 5.32 Å². The third-order valence-corrected chi connectivity index (χ3v) is 11.9. The number of phosphoric acid groups is 1. The Labute approximate surface area is 412 Å². The fraction of sp³-hybridized carbons (Fsp3) is 0.638. The monoisotopic (exact) mass is 952 g/mol. The van der Waals surface area contributed by atoms with E-state index in [4.69, 9.17) is 9.05 Å². The summed E-state index contributed by atoms with van der Waals surface area (Å²) >= 11 is 0. The standard InChI is InChI=1S/C58H99N2O6P/c1-6-8-10-12-14-16-18-20-22-24-26-27-28-29-30-31-32-33-34-36-38-40-42-44-46-48-50-52-58(62)59-56(55-66-67(63,64)65-54-53-60(3,4)5)57(61)51-49-47-45-43-41-39-37-35-25-23-21-19-17-15-13-11-9-7-2/h8,10,14,16,20,22,26-27,29-30,32-33,36,38,41-44,49,51,56-57,61H,6-7,9,11-13,15,17-19,21,23-25,28,31,34-35,37,39-40,45-48,50,52-55H2,1-5H3,(H-,59,62,63,64)/p+1/b10-8-,16-14-,22-20-,27-26-,30-29-,33-32-,38-36-,43-41+,44-42-,51-49+. The molecule has 3 atom stereocenters. The summed E-state index contributed by atoms with van der Waals surface area (Å²) in [5.74, 6) is -0.234. The zero-order chi connectivity index (χ0) is 49.2. The van der Waals surface area contributed by atoms with Crippen molar-refractivity contribution >= 4 is 13.7 Å². The second-order valence-electron chi connectivity index (χ2n) is 18.5. The Balaban J connectivity index is 4.46. The van der Waals surface area contributed by atoms with Crippen molar-refractivity contribution in [3.63, 3.8) is 0 Å². The van der Waals surface area contributed by atoms with Crippen LogP contribution in [0.5, 0.6) is 0 Å². The Morgan fingerprint density at radius 1 is 0.522 bits per heavy atom. The van der Waals surface area contributed by atoms with Crippen molar-refractivity contribution in [1.29, 1.82) is 0 Å². The fourth-order valence-corrected chi connectivity index (χ4v) is 7.51. The lowest BCUT2D eigenvalue weighted by molar-refractivity contribution is -0.870. The van der Waals surface area contributed by atoms with E-state index in [0.717, 1.165) is 83.5 Å². The molecule has 0 heterocycles. The molecule has 0 aliphatic rings. The number of nitrogens with one attached hydrogen (secondary N) is 1. The van der Waals surface area contributed by atoms with Crippen LogP contribution in [-0.2, 0) is 18.4 Å². The first kappa shape index (κ1) is 63.9. The van der Waals surface area contributed by atoms with E-state index in [-0.39, 0.29) is 25.5 Å². The number of phosphoric ester groups is 1. The summed E-state index contributed by atoms with van der Waals surface area (Å²) in [4.78, 5) is 23.2. The van der Waals surface area contributed by atoms with Crippen molar-refractivity contribution < 1.29 is 32.9 Å². The minimum atomic E-state index is -4.37. The maximum atomic E-state index is 12.9. The van der Waals surface area contributed by atoms with Gasteiger partial charge in [0, 0.05) is 6.42 Å². The number of hydrogen-bond donors (Lipinski definition) is 3. The van der Waals surface area contributed by atoms with Crippen molar-refractivity contribution in [3.05, 3.63) is 122 Å². The summed E-state index contributed by atoms with van der Waals surface area (Å²) in [6, 6.07) is -0.896. The van der Waals surface area contributed by atoms with Crippen molar-refractivity contribution in [2.24, 2.45) is 0 Å². The first-order valence-corrected chi connectivity index (χ1v) is 27.9. The number of allylic oxidation sites excluding steroid dienone is 19. The largest absolute Gasteiger partial charge is 0.472 e. The summed E-state index contributed by atoms with van der Waals surface area (Å²) in [6.45, 7) is 4.63. The van der Waals surface area contributed by atoms with Crippen LogP contribution in [0.2, 0.25) is 0 Å². The van der Waals surface area contributed by atoms with Crippen molar-refractivity contribution in [2.45, 2.75) is 199 Å². The van der Waals surface area contributed by atoms with Crippen LogP contribution in [0, 0.1) is 0 Å². The van der Waals surface area contributed by atoms with Gasteiger partial charge in [0.05, 0.1) is 39.9 Å². The molecule has 0 fully saturated rings. The van der Waals surface area contributed by atoms with Crippen molar-refractivity contribution in [2.75, 3.05) is 40.9 Å². The molecule has 3 unspecified atom stereocenters. The normalized spacial score (nSPS) is 15.0. The molecule has 0 saturated carbocycles. The highest BCUT2D eigenvalue weighted by atomic mass is 31.2. The molecule has 0 radical (unpaired) electrons. The SMILES string of the molecule is CC/C=C\C/C=C\C/C=C\C/C=C\C/C=C\C/C=C\C/C=C\C/C=C\CCCCC(=O)NC(COP(=O)(O)OCC[N+](C)(C)C)C(O)/C=C/CC/C=C/CCCCCCCCCCCCCC.